The molecule has 2 aromatic rings. The molecule has 0 aliphatic carbocycles. The predicted octanol–water partition coefficient (Wildman–Crippen LogP) is 4.23. The van der Waals surface area contributed by atoms with Gasteiger partial charge in [0.2, 0.25) is 0 Å². The van der Waals surface area contributed by atoms with Gasteiger partial charge in [-0.05, 0) is 62.4 Å². The number of rotatable bonds is 6. The van der Waals surface area contributed by atoms with E-state index in [-0.39, 0.29) is 34.1 Å². The fraction of sp³-hybridized carbons (Fsp3) is 0.0952. The van der Waals surface area contributed by atoms with Crippen molar-refractivity contribution < 1.29 is 33.3 Å². The molecule has 0 unspecified atom stereocenters. The first-order chi connectivity index (χ1) is 13.2. The highest BCUT2D eigenvalue weighted by molar-refractivity contribution is 5.89. The number of hydrogen-bond acceptors (Lipinski definition) is 7. The average Bonchev–Trinajstić information content (AvgIpc) is 2.64. The minimum Gasteiger partial charge on any atom is -0.423 e. The number of ether oxygens (including phenoxy) is 4. The zero-order valence-electron chi connectivity index (χ0n) is 15.4. The number of carbonyl (C=O) groups is 3. The summed E-state index contributed by atoms with van der Waals surface area (Å²) in [5.41, 5.74) is 0.536. The quantitative estimate of drug-likeness (QED) is 0.320. The van der Waals surface area contributed by atoms with Gasteiger partial charge in [0.15, 0.2) is 0 Å². The molecular formula is C21H18O7. The van der Waals surface area contributed by atoms with Crippen LogP contribution in [0.1, 0.15) is 13.8 Å². The Morgan fingerprint density at radius 2 is 0.821 bits per heavy atom. The van der Waals surface area contributed by atoms with Gasteiger partial charge in [-0.3, -0.25) is 0 Å². The van der Waals surface area contributed by atoms with E-state index in [4.69, 9.17) is 18.9 Å². The molecule has 144 valence electrons. The maximum Gasteiger partial charge on any atom is 0.519 e. The summed E-state index contributed by atoms with van der Waals surface area (Å²) in [5.74, 6) is -0.127. The van der Waals surface area contributed by atoms with Gasteiger partial charge in [-0.2, -0.15) is 0 Å². The van der Waals surface area contributed by atoms with Crippen LogP contribution < -0.4 is 18.9 Å². The molecular weight excluding hydrogens is 364 g/mol. The third-order valence-corrected chi connectivity index (χ3v) is 3.17. The Morgan fingerprint density at radius 3 is 1.07 bits per heavy atom. The van der Waals surface area contributed by atoms with Crippen LogP contribution in [-0.2, 0) is 9.59 Å². The van der Waals surface area contributed by atoms with Crippen LogP contribution >= 0.6 is 0 Å². The molecule has 0 aliphatic heterocycles. The van der Waals surface area contributed by atoms with Gasteiger partial charge in [-0.25, -0.2) is 14.4 Å². The van der Waals surface area contributed by atoms with Crippen LogP contribution in [0.3, 0.4) is 0 Å². The lowest BCUT2D eigenvalue weighted by Crippen LogP contribution is -2.14. The van der Waals surface area contributed by atoms with E-state index in [0.717, 1.165) is 0 Å². The van der Waals surface area contributed by atoms with Crippen molar-refractivity contribution in [1.29, 1.82) is 0 Å². The fourth-order valence-corrected chi connectivity index (χ4v) is 1.75. The van der Waals surface area contributed by atoms with Crippen LogP contribution in [0.25, 0.3) is 0 Å². The first-order valence-electron chi connectivity index (χ1n) is 8.10. The van der Waals surface area contributed by atoms with Crippen LogP contribution in [0.4, 0.5) is 4.79 Å². The molecule has 0 heterocycles. The Morgan fingerprint density at radius 1 is 0.571 bits per heavy atom. The Hall–Kier alpha value is -3.87. The SMILES string of the molecule is C=C(C)C(=O)Oc1ccc(OC(=O)Oc2ccc(OC(=O)C(=C)C)cc2)cc1. The molecule has 0 radical (unpaired) electrons. The molecule has 0 saturated carbocycles. The highest BCUT2D eigenvalue weighted by atomic mass is 16.7. The molecule has 0 saturated heterocycles. The van der Waals surface area contributed by atoms with E-state index < -0.39 is 18.1 Å². The minimum atomic E-state index is -0.960. The van der Waals surface area contributed by atoms with E-state index in [1.807, 2.05) is 0 Å². The Kier molecular flexibility index (Phi) is 6.70. The molecule has 0 atom stereocenters. The van der Waals surface area contributed by atoms with Crippen molar-refractivity contribution in [3.05, 3.63) is 72.8 Å². The summed E-state index contributed by atoms with van der Waals surface area (Å²) in [6.45, 7) is 10.0. The van der Waals surface area contributed by atoms with E-state index in [9.17, 15) is 14.4 Å². The zero-order valence-corrected chi connectivity index (χ0v) is 15.4. The Bertz CT molecular complexity index is 833. The second-order valence-corrected chi connectivity index (χ2v) is 5.74. The van der Waals surface area contributed by atoms with E-state index in [1.54, 1.807) is 0 Å². The third-order valence-electron chi connectivity index (χ3n) is 3.17. The largest absolute Gasteiger partial charge is 0.519 e. The van der Waals surface area contributed by atoms with Gasteiger partial charge in [0, 0.05) is 11.1 Å². The van der Waals surface area contributed by atoms with Crippen LogP contribution in [-0.4, -0.2) is 18.1 Å². The highest BCUT2D eigenvalue weighted by Gasteiger charge is 2.11. The summed E-state index contributed by atoms with van der Waals surface area (Å²) in [6.07, 6.45) is -0.960. The van der Waals surface area contributed by atoms with Crippen molar-refractivity contribution >= 4 is 18.1 Å². The average molecular weight is 382 g/mol. The standard InChI is InChI=1S/C21H18O7/c1-13(2)19(22)25-15-5-9-17(10-6-15)27-21(24)28-18-11-7-16(8-12-18)26-20(23)14(3)4/h5-12H,1,3H2,2,4H3. The van der Waals surface area contributed by atoms with Crippen LogP contribution in [0.2, 0.25) is 0 Å². The van der Waals surface area contributed by atoms with Crippen molar-refractivity contribution in [2.24, 2.45) is 0 Å². The molecule has 0 N–H and O–H groups in total. The summed E-state index contributed by atoms with van der Waals surface area (Å²) in [7, 11) is 0. The molecule has 0 aromatic heterocycles. The maximum atomic E-state index is 11.8. The molecule has 0 spiro atoms. The number of benzene rings is 2. The second kappa shape index (κ2) is 9.18. The monoisotopic (exact) mass is 382 g/mol. The second-order valence-electron chi connectivity index (χ2n) is 5.74. The first kappa shape index (κ1) is 20.4. The molecule has 2 aromatic carbocycles. The van der Waals surface area contributed by atoms with Crippen molar-refractivity contribution in [3.63, 3.8) is 0 Å². The minimum absolute atomic E-state index is 0.201. The third kappa shape index (κ3) is 6.14. The van der Waals surface area contributed by atoms with E-state index >= 15 is 0 Å². The lowest BCUT2D eigenvalue weighted by atomic mass is 10.3. The fourth-order valence-electron chi connectivity index (χ4n) is 1.75. The molecule has 7 nitrogen and oxygen atoms in total. The van der Waals surface area contributed by atoms with Crippen LogP contribution in [0.15, 0.2) is 72.8 Å². The lowest BCUT2D eigenvalue weighted by molar-refractivity contribution is -0.130. The molecule has 0 bridgehead atoms. The predicted molar refractivity (Wildman–Crippen MR) is 100 cm³/mol. The molecule has 0 aliphatic rings. The van der Waals surface area contributed by atoms with Crippen molar-refractivity contribution in [2.45, 2.75) is 13.8 Å². The summed E-state index contributed by atoms with van der Waals surface area (Å²) in [5, 5.41) is 0. The van der Waals surface area contributed by atoms with Gasteiger partial charge in [0.05, 0.1) is 0 Å². The van der Waals surface area contributed by atoms with E-state index in [0.29, 0.717) is 0 Å². The topological polar surface area (TPSA) is 88.1 Å². The number of esters is 2. The van der Waals surface area contributed by atoms with Crippen molar-refractivity contribution in [3.8, 4) is 23.0 Å². The van der Waals surface area contributed by atoms with E-state index in [2.05, 4.69) is 13.2 Å². The van der Waals surface area contributed by atoms with Crippen LogP contribution in [0, 0.1) is 0 Å². The molecule has 0 fully saturated rings. The summed E-state index contributed by atoms with van der Waals surface area (Å²) in [6, 6.07) is 11.7. The summed E-state index contributed by atoms with van der Waals surface area (Å²) < 4.78 is 20.1. The molecule has 2 rings (SSSR count). The lowest BCUT2D eigenvalue weighted by Gasteiger charge is -2.08. The van der Waals surface area contributed by atoms with Crippen LogP contribution in [0.5, 0.6) is 23.0 Å². The molecule has 0 amide bonds. The molecule has 7 heteroatoms. The Labute approximate surface area is 161 Å². The first-order valence-corrected chi connectivity index (χ1v) is 8.10. The maximum absolute atomic E-state index is 11.8. The smallest absolute Gasteiger partial charge is 0.423 e. The van der Waals surface area contributed by atoms with Gasteiger partial charge in [0.25, 0.3) is 0 Å². The highest BCUT2D eigenvalue weighted by Crippen LogP contribution is 2.21. The Balaban J connectivity index is 1.89. The van der Waals surface area contributed by atoms with Gasteiger partial charge >= 0.3 is 18.1 Å². The van der Waals surface area contributed by atoms with E-state index in [1.165, 1.54) is 62.4 Å². The van der Waals surface area contributed by atoms with Gasteiger partial charge < -0.3 is 18.9 Å². The van der Waals surface area contributed by atoms with Gasteiger partial charge in [0.1, 0.15) is 23.0 Å². The summed E-state index contributed by atoms with van der Waals surface area (Å²) in [4.78, 5) is 34.7. The zero-order chi connectivity index (χ0) is 20.7. The number of carbonyl (C=O) groups excluding carboxylic acids is 3. The van der Waals surface area contributed by atoms with Gasteiger partial charge in [-0.1, -0.05) is 13.2 Å². The summed E-state index contributed by atoms with van der Waals surface area (Å²) >= 11 is 0. The number of hydrogen-bond donors (Lipinski definition) is 0. The van der Waals surface area contributed by atoms with Crippen molar-refractivity contribution in [2.75, 3.05) is 0 Å². The van der Waals surface area contributed by atoms with Crippen molar-refractivity contribution in [1.82, 2.24) is 0 Å². The molecule has 28 heavy (non-hydrogen) atoms. The van der Waals surface area contributed by atoms with Gasteiger partial charge in [-0.15, -0.1) is 0 Å². The normalized spacial score (nSPS) is 9.79.